The molecule has 0 heterocycles. The summed E-state index contributed by atoms with van der Waals surface area (Å²) >= 11 is 0. The number of hydrogen-bond acceptors (Lipinski definition) is 4. The van der Waals surface area contributed by atoms with Gasteiger partial charge in [-0.3, -0.25) is 9.59 Å². The molecule has 0 aliphatic heterocycles. The van der Waals surface area contributed by atoms with Gasteiger partial charge in [-0.15, -0.1) is 0 Å². The Morgan fingerprint density at radius 1 is 0.944 bits per heavy atom. The van der Waals surface area contributed by atoms with Crippen molar-refractivity contribution in [3.63, 3.8) is 0 Å². The van der Waals surface area contributed by atoms with Crippen LogP contribution >= 0.6 is 0 Å². The standard InChI is InChI=1S/C14H20O4/c1-5-9(3)17-12-7-11(15)8-13(14(12)16)18-10(4)6-2/h7-10H,5-6H2,1-4H3. The fraction of sp³-hybridized carbons (Fsp3) is 0.571. The maximum Gasteiger partial charge on any atom is 0.262 e. The molecular formula is C14H20O4. The van der Waals surface area contributed by atoms with E-state index in [0.29, 0.717) is 0 Å². The maximum absolute atomic E-state index is 12.0. The summed E-state index contributed by atoms with van der Waals surface area (Å²) in [5, 5.41) is 0. The fourth-order valence-corrected chi connectivity index (χ4v) is 1.33. The Morgan fingerprint density at radius 3 is 1.67 bits per heavy atom. The first-order valence-electron chi connectivity index (χ1n) is 6.33. The van der Waals surface area contributed by atoms with Crippen molar-refractivity contribution >= 4 is 11.6 Å². The number of carbonyl (C=O) groups excluding carboxylic acids is 2. The summed E-state index contributed by atoms with van der Waals surface area (Å²) < 4.78 is 10.9. The van der Waals surface area contributed by atoms with Crippen LogP contribution in [0.1, 0.15) is 40.5 Å². The molecule has 0 amide bonds. The molecule has 0 saturated heterocycles. The van der Waals surface area contributed by atoms with Gasteiger partial charge in [0, 0.05) is 12.2 Å². The SMILES string of the molecule is CCC(C)OC1=CC(=O)C=C(OC(C)CC)C1=O. The predicted octanol–water partition coefficient (Wildman–Crippen LogP) is 2.54. The molecule has 0 spiro atoms. The Kier molecular flexibility index (Phi) is 5.13. The Hall–Kier alpha value is -1.58. The molecule has 0 saturated carbocycles. The molecule has 0 aromatic heterocycles. The molecule has 0 fully saturated rings. The highest BCUT2D eigenvalue weighted by molar-refractivity contribution is 6.18. The van der Waals surface area contributed by atoms with E-state index >= 15 is 0 Å². The molecule has 1 rings (SSSR count). The largest absolute Gasteiger partial charge is 0.486 e. The second kappa shape index (κ2) is 6.38. The van der Waals surface area contributed by atoms with E-state index in [9.17, 15) is 9.59 Å². The van der Waals surface area contributed by atoms with Crippen LogP contribution in [-0.4, -0.2) is 23.8 Å². The van der Waals surface area contributed by atoms with Crippen LogP contribution in [-0.2, 0) is 19.1 Å². The van der Waals surface area contributed by atoms with Gasteiger partial charge in [-0.1, -0.05) is 13.8 Å². The van der Waals surface area contributed by atoms with E-state index in [1.807, 2.05) is 27.7 Å². The quantitative estimate of drug-likeness (QED) is 0.682. The minimum atomic E-state index is -0.352. The van der Waals surface area contributed by atoms with Gasteiger partial charge in [-0.05, 0) is 26.7 Å². The van der Waals surface area contributed by atoms with Gasteiger partial charge >= 0.3 is 0 Å². The highest BCUT2D eigenvalue weighted by Gasteiger charge is 2.26. The average Bonchev–Trinajstić information content (AvgIpc) is 2.34. The van der Waals surface area contributed by atoms with Crippen LogP contribution in [0.2, 0.25) is 0 Å². The normalized spacial score (nSPS) is 18.9. The van der Waals surface area contributed by atoms with E-state index in [1.165, 1.54) is 12.2 Å². The van der Waals surface area contributed by atoms with Gasteiger partial charge in [0.15, 0.2) is 17.3 Å². The van der Waals surface area contributed by atoms with Crippen LogP contribution in [0.25, 0.3) is 0 Å². The summed E-state index contributed by atoms with van der Waals surface area (Å²) in [6, 6.07) is 0. The lowest BCUT2D eigenvalue weighted by Gasteiger charge is -2.20. The molecule has 0 radical (unpaired) electrons. The van der Waals surface area contributed by atoms with Gasteiger partial charge in [0.25, 0.3) is 5.78 Å². The van der Waals surface area contributed by atoms with Crippen LogP contribution < -0.4 is 0 Å². The number of rotatable bonds is 6. The third-order valence-electron chi connectivity index (χ3n) is 2.80. The molecule has 100 valence electrons. The Bertz CT molecular complexity index is 359. The molecule has 0 aromatic rings. The van der Waals surface area contributed by atoms with Crippen molar-refractivity contribution < 1.29 is 19.1 Å². The summed E-state index contributed by atoms with van der Waals surface area (Å²) in [5.41, 5.74) is 0. The molecule has 0 bridgehead atoms. The molecule has 4 nitrogen and oxygen atoms in total. The van der Waals surface area contributed by atoms with E-state index in [0.717, 1.165) is 12.8 Å². The highest BCUT2D eigenvalue weighted by atomic mass is 16.5. The third-order valence-corrected chi connectivity index (χ3v) is 2.80. The second-order valence-electron chi connectivity index (χ2n) is 4.42. The van der Waals surface area contributed by atoms with Gasteiger partial charge in [0.05, 0.1) is 12.2 Å². The topological polar surface area (TPSA) is 52.6 Å². The van der Waals surface area contributed by atoms with Crippen LogP contribution in [0.3, 0.4) is 0 Å². The zero-order chi connectivity index (χ0) is 13.7. The molecule has 2 atom stereocenters. The number of Topliss-reactive ketones (excluding diaryl/α,β-unsaturated/α-hetero) is 1. The first kappa shape index (κ1) is 14.5. The Morgan fingerprint density at radius 2 is 1.33 bits per heavy atom. The first-order valence-corrected chi connectivity index (χ1v) is 6.33. The van der Waals surface area contributed by atoms with Gasteiger partial charge in [-0.2, -0.15) is 0 Å². The fourth-order valence-electron chi connectivity index (χ4n) is 1.33. The van der Waals surface area contributed by atoms with Crippen LogP contribution in [0.15, 0.2) is 23.7 Å². The summed E-state index contributed by atoms with van der Waals surface area (Å²) in [4.78, 5) is 23.5. The van der Waals surface area contributed by atoms with Crippen LogP contribution in [0.4, 0.5) is 0 Å². The number of hydrogen-bond donors (Lipinski definition) is 0. The lowest BCUT2D eigenvalue weighted by atomic mass is 10.1. The lowest BCUT2D eigenvalue weighted by Crippen LogP contribution is -2.23. The van der Waals surface area contributed by atoms with Crippen molar-refractivity contribution in [3.8, 4) is 0 Å². The molecule has 1 aliphatic carbocycles. The van der Waals surface area contributed by atoms with Crippen molar-refractivity contribution in [1.82, 2.24) is 0 Å². The predicted molar refractivity (Wildman–Crippen MR) is 67.9 cm³/mol. The Labute approximate surface area is 108 Å². The molecule has 2 unspecified atom stereocenters. The first-order chi connectivity index (χ1) is 8.47. The Balaban J connectivity index is 2.79. The van der Waals surface area contributed by atoms with Crippen LogP contribution in [0.5, 0.6) is 0 Å². The monoisotopic (exact) mass is 252 g/mol. The smallest absolute Gasteiger partial charge is 0.262 e. The van der Waals surface area contributed by atoms with Crippen molar-refractivity contribution in [2.24, 2.45) is 0 Å². The minimum absolute atomic E-state index is 0.0788. The molecule has 0 aromatic carbocycles. The zero-order valence-electron chi connectivity index (χ0n) is 11.4. The highest BCUT2D eigenvalue weighted by Crippen LogP contribution is 2.19. The number of carbonyl (C=O) groups is 2. The van der Waals surface area contributed by atoms with Crippen LogP contribution in [0, 0.1) is 0 Å². The van der Waals surface area contributed by atoms with E-state index in [2.05, 4.69) is 0 Å². The van der Waals surface area contributed by atoms with E-state index in [-0.39, 0.29) is 35.3 Å². The van der Waals surface area contributed by atoms with Gasteiger partial charge in [0.1, 0.15) is 0 Å². The van der Waals surface area contributed by atoms with Crippen molar-refractivity contribution in [3.05, 3.63) is 23.7 Å². The average molecular weight is 252 g/mol. The molecule has 18 heavy (non-hydrogen) atoms. The third kappa shape index (κ3) is 3.72. The summed E-state index contributed by atoms with van der Waals surface area (Å²) in [7, 11) is 0. The zero-order valence-corrected chi connectivity index (χ0v) is 11.4. The number of allylic oxidation sites excluding steroid dienone is 2. The number of ether oxygens (including phenoxy) is 2. The second-order valence-corrected chi connectivity index (χ2v) is 4.42. The summed E-state index contributed by atoms with van der Waals surface area (Å²) in [5.74, 6) is -0.466. The van der Waals surface area contributed by atoms with Gasteiger partial charge in [0.2, 0.25) is 0 Å². The van der Waals surface area contributed by atoms with Crippen molar-refractivity contribution in [1.29, 1.82) is 0 Å². The van der Waals surface area contributed by atoms with Gasteiger partial charge < -0.3 is 9.47 Å². The van der Waals surface area contributed by atoms with Crippen molar-refractivity contribution in [2.75, 3.05) is 0 Å². The summed E-state index contributed by atoms with van der Waals surface area (Å²) in [6.45, 7) is 7.61. The molecule has 0 N–H and O–H groups in total. The van der Waals surface area contributed by atoms with Gasteiger partial charge in [-0.25, -0.2) is 0 Å². The minimum Gasteiger partial charge on any atom is -0.486 e. The molecular weight excluding hydrogens is 232 g/mol. The van der Waals surface area contributed by atoms with Crippen molar-refractivity contribution in [2.45, 2.75) is 52.7 Å². The van der Waals surface area contributed by atoms with E-state index in [1.54, 1.807) is 0 Å². The number of ketones is 2. The summed E-state index contributed by atoms with van der Waals surface area (Å²) in [6.07, 6.45) is 3.77. The molecule has 4 heteroatoms. The lowest BCUT2D eigenvalue weighted by molar-refractivity contribution is -0.122. The van der Waals surface area contributed by atoms with E-state index in [4.69, 9.17) is 9.47 Å². The maximum atomic E-state index is 12.0. The molecule has 1 aliphatic rings. The van der Waals surface area contributed by atoms with E-state index < -0.39 is 0 Å².